The third-order valence-electron chi connectivity index (χ3n) is 5.48. The first-order valence-electron chi connectivity index (χ1n) is 10.8. The molecule has 0 saturated carbocycles. The van der Waals surface area contributed by atoms with E-state index in [-0.39, 0.29) is 12.0 Å². The quantitative estimate of drug-likeness (QED) is 0.279. The summed E-state index contributed by atoms with van der Waals surface area (Å²) in [5.41, 5.74) is 2.23. The Labute approximate surface area is 193 Å². The standard InChI is InChI=1S/C28H27NO2S/c1-21-12-14-22(15-13-21)16-17-28(30)29(2)19-18-26(27-11-6-20-32-27)31-25-10-5-8-23-7-3-4-9-24(23)25/h3-17,20,26H,18-19H2,1-2H3. The molecule has 1 heterocycles. The molecule has 1 atom stereocenters. The van der Waals surface area contributed by atoms with Crippen LogP contribution in [0, 0.1) is 6.92 Å². The van der Waals surface area contributed by atoms with Gasteiger partial charge in [0.15, 0.2) is 0 Å². The Hall–Kier alpha value is -3.37. The highest BCUT2D eigenvalue weighted by molar-refractivity contribution is 7.10. The molecule has 1 aromatic heterocycles. The number of carbonyl (C=O) groups excluding carboxylic acids is 1. The molecule has 0 spiro atoms. The fourth-order valence-corrected chi connectivity index (χ4v) is 4.37. The molecular formula is C28H27NO2S. The van der Waals surface area contributed by atoms with Crippen molar-refractivity contribution in [3.63, 3.8) is 0 Å². The highest BCUT2D eigenvalue weighted by atomic mass is 32.1. The van der Waals surface area contributed by atoms with E-state index in [2.05, 4.69) is 36.6 Å². The molecule has 4 heteroatoms. The Morgan fingerprint density at radius 1 is 1.00 bits per heavy atom. The predicted octanol–water partition coefficient (Wildman–Crippen LogP) is 6.89. The summed E-state index contributed by atoms with van der Waals surface area (Å²) >= 11 is 1.68. The van der Waals surface area contributed by atoms with E-state index in [1.165, 1.54) is 5.56 Å². The van der Waals surface area contributed by atoms with Crippen molar-refractivity contribution in [3.05, 3.63) is 106 Å². The largest absolute Gasteiger partial charge is 0.484 e. The van der Waals surface area contributed by atoms with Crippen LogP contribution in [0.15, 0.2) is 90.3 Å². The lowest BCUT2D eigenvalue weighted by Gasteiger charge is -2.22. The smallest absolute Gasteiger partial charge is 0.246 e. The number of amides is 1. The first-order chi connectivity index (χ1) is 15.6. The minimum Gasteiger partial charge on any atom is -0.484 e. The topological polar surface area (TPSA) is 29.5 Å². The van der Waals surface area contributed by atoms with Gasteiger partial charge in [-0.2, -0.15) is 0 Å². The van der Waals surface area contributed by atoms with Gasteiger partial charge in [0.1, 0.15) is 11.9 Å². The zero-order valence-corrected chi connectivity index (χ0v) is 19.2. The SMILES string of the molecule is Cc1ccc(C=CC(=O)N(C)CCC(Oc2cccc3ccccc23)c2cccs2)cc1. The summed E-state index contributed by atoms with van der Waals surface area (Å²) < 4.78 is 6.50. The fourth-order valence-electron chi connectivity index (χ4n) is 3.58. The van der Waals surface area contributed by atoms with Crippen LogP contribution in [0.1, 0.15) is 28.5 Å². The zero-order valence-electron chi connectivity index (χ0n) is 18.4. The van der Waals surface area contributed by atoms with Crippen LogP contribution in [0.4, 0.5) is 0 Å². The molecule has 4 rings (SSSR count). The molecule has 32 heavy (non-hydrogen) atoms. The van der Waals surface area contributed by atoms with Crippen LogP contribution >= 0.6 is 11.3 Å². The highest BCUT2D eigenvalue weighted by Gasteiger charge is 2.18. The maximum absolute atomic E-state index is 12.6. The maximum atomic E-state index is 12.6. The number of thiophene rings is 1. The number of hydrogen-bond acceptors (Lipinski definition) is 3. The molecule has 1 unspecified atom stereocenters. The van der Waals surface area contributed by atoms with E-state index >= 15 is 0 Å². The molecule has 0 bridgehead atoms. The van der Waals surface area contributed by atoms with Gasteiger partial charge in [-0.15, -0.1) is 11.3 Å². The van der Waals surface area contributed by atoms with Crippen molar-refractivity contribution in [2.45, 2.75) is 19.4 Å². The van der Waals surface area contributed by atoms with Crippen LogP contribution in [0.2, 0.25) is 0 Å². The van der Waals surface area contributed by atoms with Crippen molar-refractivity contribution >= 4 is 34.1 Å². The summed E-state index contributed by atoms with van der Waals surface area (Å²) in [4.78, 5) is 15.5. The second-order valence-electron chi connectivity index (χ2n) is 7.89. The lowest BCUT2D eigenvalue weighted by atomic mass is 10.1. The Morgan fingerprint density at radius 2 is 1.78 bits per heavy atom. The molecule has 0 radical (unpaired) electrons. The van der Waals surface area contributed by atoms with Crippen LogP contribution in [0.5, 0.6) is 5.75 Å². The highest BCUT2D eigenvalue weighted by Crippen LogP contribution is 2.32. The third kappa shape index (κ3) is 5.45. The lowest BCUT2D eigenvalue weighted by Crippen LogP contribution is -2.27. The minimum atomic E-state index is -0.114. The lowest BCUT2D eigenvalue weighted by molar-refractivity contribution is -0.124. The molecule has 4 aromatic rings. The molecule has 0 fully saturated rings. The first-order valence-corrected chi connectivity index (χ1v) is 11.7. The van der Waals surface area contributed by atoms with Crippen LogP contribution in [-0.4, -0.2) is 24.4 Å². The first kappa shape index (κ1) is 21.8. The molecule has 0 aliphatic heterocycles. The molecule has 3 aromatic carbocycles. The molecule has 3 nitrogen and oxygen atoms in total. The van der Waals surface area contributed by atoms with Crippen molar-refractivity contribution in [3.8, 4) is 5.75 Å². The van der Waals surface area contributed by atoms with E-state index < -0.39 is 0 Å². The molecule has 0 N–H and O–H groups in total. The normalized spacial score (nSPS) is 12.2. The second kappa shape index (κ2) is 10.3. The molecule has 0 saturated heterocycles. The average molecular weight is 442 g/mol. The van der Waals surface area contributed by atoms with Crippen molar-refractivity contribution in [2.75, 3.05) is 13.6 Å². The van der Waals surface area contributed by atoms with E-state index in [1.807, 2.05) is 67.7 Å². The Bertz CT molecular complexity index is 1190. The Kier molecular flexibility index (Phi) is 7.03. The van der Waals surface area contributed by atoms with Crippen molar-refractivity contribution in [1.82, 2.24) is 4.90 Å². The molecular weight excluding hydrogens is 414 g/mol. The number of aryl methyl sites for hydroxylation is 1. The van der Waals surface area contributed by atoms with Gasteiger partial charge in [-0.05, 0) is 41.5 Å². The van der Waals surface area contributed by atoms with E-state index in [9.17, 15) is 4.79 Å². The maximum Gasteiger partial charge on any atom is 0.246 e. The zero-order chi connectivity index (χ0) is 22.3. The summed E-state index contributed by atoms with van der Waals surface area (Å²) in [6.45, 7) is 2.65. The van der Waals surface area contributed by atoms with E-state index in [0.29, 0.717) is 13.0 Å². The number of nitrogens with zero attached hydrogens (tertiary/aromatic N) is 1. The van der Waals surface area contributed by atoms with Gasteiger partial charge in [0.2, 0.25) is 5.91 Å². The van der Waals surface area contributed by atoms with Crippen LogP contribution < -0.4 is 4.74 Å². The Balaban J connectivity index is 1.44. The van der Waals surface area contributed by atoms with Gasteiger partial charge < -0.3 is 9.64 Å². The number of benzene rings is 3. The van der Waals surface area contributed by atoms with Gasteiger partial charge in [-0.3, -0.25) is 4.79 Å². The summed E-state index contributed by atoms with van der Waals surface area (Å²) in [7, 11) is 1.84. The number of rotatable bonds is 8. The van der Waals surface area contributed by atoms with Crippen LogP contribution in [0.3, 0.4) is 0 Å². The molecule has 1 amide bonds. The van der Waals surface area contributed by atoms with Crippen molar-refractivity contribution in [2.24, 2.45) is 0 Å². The summed E-state index contributed by atoms with van der Waals surface area (Å²) in [6.07, 6.45) is 4.10. The van der Waals surface area contributed by atoms with Gasteiger partial charge in [-0.1, -0.05) is 72.3 Å². The van der Waals surface area contributed by atoms with Crippen LogP contribution in [0.25, 0.3) is 16.8 Å². The minimum absolute atomic E-state index is 0.0133. The number of likely N-dealkylation sites (N-methyl/N-ethyl adjacent to an activating group) is 1. The average Bonchev–Trinajstić information content (AvgIpc) is 3.36. The van der Waals surface area contributed by atoms with Gasteiger partial charge in [0.25, 0.3) is 0 Å². The van der Waals surface area contributed by atoms with E-state index in [1.54, 1.807) is 22.3 Å². The second-order valence-corrected chi connectivity index (χ2v) is 8.87. The van der Waals surface area contributed by atoms with E-state index in [0.717, 1.165) is 27.0 Å². The van der Waals surface area contributed by atoms with E-state index in [4.69, 9.17) is 4.74 Å². The number of fused-ring (bicyclic) bond motifs is 1. The Morgan fingerprint density at radius 3 is 2.56 bits per heavy atom. The number of carbonyl (C=O) groups is 1. The molecule has 0 aliphatic carbocycles. The number of ether oxygens (including phenoxy) is 1. The summed E-state index contributed by atoms with van der Waals surface area (Å²) in [6, 6.07) is 26.6. The third-order valence-corrected chi connectivity index (χ3v) is 6.44. The number of hydrogen-bond donors (Lipinski definition) is 0. The van der Waals surface area contributed by atoms with Gasteiger partial charge in [-0.25, -0.2) is 0 Å². The predicted molar refractivity (Wildman–Crippen MR) is 134 cm³/mol. The van der Waals surface area contributed by atoms with Gasteiger partial charge in [0, 0.05) is 36.4 Å². The van der Waals surface area contributed by atoms with Crippen LogP contribution in [-0.2, 0) is 4.79 Å². The summed E-state index contributed by atoms with van der Waals surface area (Å²) in [5, 5.41) is 4.32. The van der Waals surface area contributed by atoms with Gasteiger partial charge in [0.05, 0.1) is 0 Å². The molecule has 0 aliphatic rings. The van der Waals surface area contributed by atoms with Gasteiger partial charge >= 0.3 is 0 Å². The fraction of sp³-hybridized carbons (Fsp3) is 0.179. The summed E-state index contributed by atoms with van der Waals surface area (Å²) in [5.74, 6) is 0.857. The van der Waals surface area contributed by atoms with Crippen molar-refractivity contribution < 1.29 is 9.53 Å². The monoisotopic (exact) mass is 441 g/mol. The van der Waals surface area contributed by atoms with Crippen molar-refractivity contribution in [1.29, 1.82) is 0 Å². The molecule has 162 valence electrons.